The molecule has 0 aromatic carbocycles. The molecule has 0 aromatic rings. The van der Waals surface area contributed by atoms with Crippen LogP contribution in [0, 0.1) is 17.3 Å². The van der Waals surface area contributed by atoms with Gasteiger partial charge >= 0.3 is 0 Å². The van der Waals surface area contributed by atoms with Gasteiger partial charge in [0.05, 0.1) is 7.11 Å². The summed E-state index contributed by atoms with van der Waals surface area (Å²) in [6.45, 7) is 6.63. The van der Waals surface area contributed by atoms with E-state index in [1.54, 1.807) is 7.11 Å². The summed E-state index contributed by atoms with van der Waals surface area (Å²) in [6.07, 6.45) is 10.4. The zero-order valence-electron chi connectivity index (χ0n) is 10.4. The number of hydrogen-bond acceptors (Lipinski definition) is 2. The summed E-state index contributed by atoms with van der Waals surface area (Å²) in [5.41, 5.74) is 1.34. The van der Waals surface area contributed by atoms with Gasteiger partial charge in [0.25, 0.3) is 0 Å². The molecule has 0 bridgehead atoms. The van der Waals surface area contributed by atoms with E-state index in [-0.39, 0.29) is 5.41 Å². The Labute approximate surface area is 97.4 Å². The summed E-state index contributed by atoms with van der Waals surface area (Å²) in [5, 5.41) is 0. The standard InChI is InChI=1S/C14H19NO/c1-14(2,3)13-11-6-5-7-12(16-4)10(11)8-9-15-13/h5-11H,1-4H3. The predicted molar refractivity (Wildman–Crippen MR) is 67.2 cm³/mol. The highest BCUT2D eigenvalue weighted by Crippen LogP contribution is 2.37. The molecule has 2 heteroatoms. The molecule has 86 valence electrons. The number of ether oxygens (including phenoxy) is 1. The Hall–Kier alpha value is -1.31. The van der Waals surface area contributed by atoms with Gasteiger partial charge in [0.15, 0.2) is 0 Å². The first kappa shape index (κ1) is 11.2. The predicted octanol–water partition coefficient (Wildman–Crippen LogP) is 3.33. The van der Waals surface area contributed by atoms with E-state index in [1.807, 2.05) is 12.3 Å². The third kappa shape index (κ3) is 1.84. The fraction of sp³-hybridized carbons (Fsp3) is 0.500. The van der Waals surface area contributed by atoms with E-state index in [0.717, 1.165) is 5.76 Å². The Morgan fingerprint density at radius 2 is 1.94 bits per heavy atom. The van der Waals surface area contributed by atoms with E-state index in [0.29, 0.717) is 11.8 Å². The minimum atomic E-state index is 0.105. The fourth-order valence-electron chi connectivity index (χ4n) is 2.35. The molecule has 2 aliphatic rings. The minimum absolute atomic E-state index is 0.105. The first-order chi connectivity index (χ1) is 7.54. The van der Waals surface area contributed by atoms with Crippen LogP contribution in [0.25, 0.3) is 0 Å². The van der Waals surface area contributed by atoms with Crippen LogP contribution in [0.2, 0.25) is 0 Å². The quantitative estimate of drug-likeness (QED) is 0.660. The van der Waals surface area contributed by atoms with Crippen molar-refractivity contribution in [3.8, 4) is 0 Å². The Kier molecular flexibility index (Phi) is 2.75. The highest BCUT2D eigenvalue weighted by molar-refractivity contribution is 5.94. The van der Waals surface area contributed by atoms with E-state index < -0.39 is 0 Å². The Balaban J connectivity index is 2.35. The van der Waals surface area contributed by atoms with Gasteiger partial charge in [-0.1, -0.05) is 39.0 Å². The van der Waals surface area contributed by atoms with Gasteiger partial charge in [-0.05, 0) is 6.08 Å². The molecule has 2 atom stereocenters. The summed E-state index contributed by atoms with van der Waals surface area (Å²) in [5.74, 6) is 1.70. The van der Waals surface area contributed by atoms with Crippen LogP contribution in [0.3, 0.4) is 0 Å². The Morgan fingerprint density at radius 3 is 2.56 bits per heavy atom. The fourth-order valence-corrected chi connectivity index (χ4v) is 2.35. The monoisotopic (exact) mass is 217 g/mol. The van der Waals surface area contributed by atoms with Gasteiger partial charge in [0.1, 0.15) is 5.76 Å². The van der Waals surface area contributed by atoms with Crippen LogP contribution in [-0.2, 0) is 4.74 Å². The summed E-state index contributed by atoms with van der Waals surface area (Å²) in [4.78, 5) is 4.56. The molecule has 1 heterocycles. The smallest absolute Gasteiger partial charge is 0.103 e. The highest BCUT2D eigenvalue weighted by Gasteiger charge is 2.35. The van der Waals surface area contributed by atoms with Crippen molar-refractivity contribution in [1.29, 1.82) is 0 Å². The van der Waals surface area contributed by atoms with Gasteiger partial charge < -0.3 is 4.74 Å². The van der Waals surface area contributed by atoms with Crippen LogP contribution >= 0.6 is 0 Å². The molecule has 0 fully saturated rings. The molecule has 0 N–H and O–H groups in total. The van der Waals surface area contributed by atoms with Crippen LogP contribution in [0.4, 0.5) is 0 Å². The Morgan fingerprint density at radius 1 is 1.19 bits per heavy atom. The molecule has 2 unspecified atom stereocenters. The second-order valence-electron chi connectivity index (χ2n) is 5.32. The van der Waals surface area contributed by atoms with Gasteiger partial charge in [-0.3, -0.25) is 4.99 Å². The number of nitrogens with zero attached hydrogens (tertiary/aromatic N) is 1. The van der Waals surface area contributed by atoms with Crippen molar-refractivity contribution in [2.45, 2.75) is 20.8 Å². The lowest BCUT2D eigenvalue weighted by Gasteiger charge is -2.35. The van der Waals surface area contributed by atoms with Gasteiger partial charge in [0.2, 0.25) is 0 Å². The van der Waals surface area contributed by atoms with E-state index in [9.17, 15) is 0 Å². The molecule has 0 spiro atoms. The van der Waals surface area contributed by atoms with Gasteiger partial charge in [0, 0.05) is 29.2 Å². The summed E-state index contributed by atoms with van der Waals surface area (Å²) >= 11 is 0. The van der Waals surface area contributed by atoms with Crippen molar-refractivity contribution < 1.29 is 4.74 Å². The lowest BCUT2D eigenvalue weighted by Crippen LogP contribution is -2.35. The minimum Gasteiger partial charge on any atom is -0.500 e. The van der Waals surface area contributed by atoms with E-state index in [2.05, 4.69) is 44.0 Å². The first-order valence-corrected chi connectivity index (χ1v) is 5.71. The van der Waals surface area contributed by atoms with E-state index in [1.165, 1.54) is 5.71 Å². The topological polar surface area (TPSA) is 21.6 Å². The first-order valence-electron chi connectivity index (χ1n) is 5.71. The maximum Gasteiger partial charge on any atom is 0.103 e. The molecule has 0 saturated heterocycles. The zero-order valence-corrected chi connectivity index (χ0v) is 10.4. The van der Waals surface area contributed by atoms with Crippen molar-refractivity contribution in [3.05, 3.63) is 36.3 Å². The maximum atomic E-state index is 5.43. The third-order valence-corrected chi connectivity index (χ3v) is 3.12. The third-order valence-electron chi connectivity index (χ3n) is 3.12. The van der Waals surface area contributed by atoms with Crippen LogP contribution in [0.15, 0.2) is 41.3 Å². The van der Waals surface area contributed by atoms with E-state index >= 15 is 0 Å². The average molecular weight is 217 g/mol. The number of allylic oxidation sites excluding steroid dienone is 4. The van der Waals surface area contributed by atoms with E-state index in [4.69, 9.17) is 4.74 Å². The SMILES string of the molecule is COC1=CC=CC2C(C(C)(C)C)=NC=CC12. The Bertz CT molecular complexity index is 393. The van der Waals surface area contributed by atoms with Crippen molar-refractivity contribution in [2.24, 2.45) is 22.2 Å². The molecule has 16 heavy (non-hydrogen) atoms. The summed E-state index contributed by atoms with van der Waals surface area (Å²) in [6, 6.07) is 0. The van der Waals surface area contributed by atoms with Gasteiger partial charge in [-0.25, -0.2) is 0 Å². The lowest BCUT2D eigenvalue weighted by atomic mass is 9.73. The van der Waals surface area contributed by atoms with Crippen LogP contribution in [0.5, 0.6) is 0 Å². The van der Waals surface area contributed by atoms with Crippen LogP contribution in [-0.4, -0.2) is 12.8 Å². The van der Waals surface area contributed by atoms with Crippen molar-refractivity contribution in [1.82, 2.24) is 0 Å². The normalized spacial score (nSPS) is 28.2. The zero-order chi connectivity index (χ0) is 11.8. The summed E-state index contributed by atoms with van der Waals surface area (Å²) < 4.78 is 5.43. The molecule has 1 aliphatic heterocycles. The number of rotatable bonds is 1. The molecule has 0 radical (unpaired) electrons. The average Bonchev–Trinajstić information content (AvgIpc) is 2.26. The molecule has 2 nitrogen and oxygen atoms in total. The van der Waals surface area contributed by atoms with Crippen LogP contribution < -0.4 is 0 Å². The molecular formula is C14H19NO. The second-order valence-corrected chi connectivity index (χ2v) is 5.32. The second kappa shape index (κ2) is 3.93. The molecule has 1 aliphatic carbocycles. The number of fused-ring (bicyclic) bond motifs is 1. The highest BCUT2D eigenvalue weighted by atomic mass is 16.5. The largest absolute Gasteiger partial charge is 0.500 e. The molecule has 0 saturated carbocycles. The van der Waals surface area contributed by atoms with Gasteiger partial charge in [-0.15, -0.1) is 0 Å². The number of methoxy groups -OCH3 is 1. The summed E-state index contributed by atoms with van der Waals surface area (Å²) in [7, 11) is 1.73. The van der Waals surface area contributed by atoms with Crippen molar-refractivity contribution in [2.75, 3.05) is 7.11 Å². The van der Waals surface area contributed by atoms with Crippen molar-refractivity contribution in [3.63, 3.8) is 0 Å². The number of hydrogen-bond donors (Lipinski definition) is 0. The molecule has 2 rings (SSSR count). The lowest BCUT2D eigenvalue weighted by molar-refractivity contribution is 0.245. The van der Waals surface area contributed by atoms with Crippen molar-refractivity contribution >= 4 is 5.71 Å². The number of aliphatic imine (C=N–C) groups is 1. The van der Waals surface area contributed by atoms with Gasteiger partial charge in [-0.2, -0.15) is 0 Å². The molecule has 0 amide bonds. The van der Waals surface area contributed by atoms with Crippen LogP contribution in [0.1, 0.15) is 20.8 Å². The maximum absolute atomic E-state index is 5.43. The molecule has 0 aromatic heterocycles. The molecular weight excluding hydrogens is 198 g/mol.